The fraction of sp³-hybridized carbons (Fsp3) is 0.483. The predicted octanol–water partition coefficient (Wildman–Crippen LogP) is 5.48. The zero-order valence-electron chi connectivity index (χ0n) is 22.2. The minimum absolute atomic E-state index is 0.0120. The number of hydrogen-bond acceptors (Lipinski definition) is 5. The maximum Gasteiger partial charge on any atom is 0.407 e. The average Bonchev–Trinajstić information content (AvgIpc) is 3.16. The molecular formula is C29H37N3O4S. The lowest BCUT2D eigenvalue weighted by Crippen LogP contribution is -2.56. The van der Waals surface area contributed by atoms with Crippen LogP contribution in [0, 0.1) is 5.92 Å². The number of alkyl carbamates (subject to hydrolysis) is 2. The fourth-order valence-corrected chi connectivity index (χ4v) is 5.56. The first kappa shape index (κ1) is 26.9. The van der Waals surface area contributed by atoms with Crippen LogP contribution >= 0.6 is 12.2 Å². The highest BCUT2D eigenvalue weighted by molar-refractivity contribution is 7.80. The number of ether oxygens (including phenoxy) is 2. The van der Waals surface area contributed by atoms with Crippen molar-refractivity contribution < 1.29 is 19.1 Å². The third-order valence-corrected chi connectivity index (χ3v) is 7.69. The number of hydrogen-bond donors (Lipinski definition) is 2. The second-order valence-electron chi connectivity index (χ2n) is 11.1. The Morgan fingerprint density at radius 2 is 1.49 bits per heavy atom. The van der Waals surface area contributed by atoms with Crippen LogP contribution in [-0.4, -0.2) is 60.5 Å². The Morgan fingerprint density at radius 3 is 2.05 bits per heavy atom. The molecule has 0 aliphatic heterocycles. The van der Waals surface area contributed by atoms with Crippen LogP contribution in [0.4, 0.5) is 9.59 Å². The fourth-order valence-electron chi connectivity index (χ4n) is 5.34. The summed E-state index contributed by atoms with van der Waals surface area (Å²) < 4.78 is 11.2. The molecule has 8 heteroatoms. The van der Waals surface area contributed by atoms with Crippen molar-refractivity contribution in [3.8, 4) is 11.1 Å². The van der Waals surface area contributed by atoms with E-state index in [0.717, 1.165) is 11.4 Å². The quantitative estimate of drug-likeness (QED) is 0.506. The zero-order chi connectivity index (χ0) is 26.7. The topological polar surface area (TPSA) is 79.9 Å². The molecule has 2 aromatic carbocycles. The molecule has 2 aliphatic rings. The molecule has 0 saturated heterocycles. The van der Waals surface area contributed by atoms with E-state index >= 15 is 0 Å². The summed E-state index contributed by atoms with van der Waals surface area (Å²) in [5, 5.41) is 5.98. The molecule has 0 bridgehead atoms. The molecule has 0 heterocycles. The number of nitrogens with zero attached hydrogens (tertiary/aromatic N) is 1. The van der Waals surface area contributed by atoms with Crippen LogP contribution in [0.3, 0.4) is 0 Å². The Hall–Kier alpha value is -3.13. The third kappa shape index (κ3) is 6.42. The second-order valence-corrected chi connectivity index (χ2v) is 11.5. The summed E-state index contributed by atoms with van der Waals surface area (Å²) >= 11 is 5.62. The molecule has 1 saturated carbocycles. The molecule has 0 radical (unpaired) electrons. The van der Waals surface area contributed by atoms with Crippen molar-refractivity contribution in [1.29, 1.82) is 0 Å². The number of thiocarbonyl (C=S) groups is 1. The Kier molecular flexibility index (Phi) is 8.07. The van der Waals surface area contributed by atoms with Gasteiger partial charge >= 0.3 is 12.2 Å². The number of carbonyl (C=O) groups excluding carboxylic acids is 2. The first-order valence-corrected chi connectivity index (χ1v) is 13.3. The first-order chi connectivity index (χ1) is 17.5. The van der Waals surface area contributed by atoms with E-state index in [1.165, 1.54) is 22.3 Å². The molecule has 2 aliphatic carbocycles. The van der Waals surface area contributed by atoms with E-state index in [2.05, 4.69) is 34.9 Å². The molecule has 3 atom stereocenters. The molecular weight excluding hydrogens is 486 g/mol. The van der Waals surface area contributed by atoms with Crippen molar-refractivity contribution in [1.82, 2.24) is 15.5 Å². The standard InChI is InChI=1S/C29H37N3O4S/c1-29(2,3)36-28(34)31-25-16-18(26(37)32(4)5)14-15-24(25)30-27(33)35-17-23-21-12-8-6-10-19(21)20-11-7-9-13-22(20)23/h6-13,18,23-25H,14-17H2,1-5H3,(H,30,33)(H,31,34)/t18-,24-,25+/m0/s1. The summed E-state index contributed by atoms with van der Waals surface area (Å²) in [6, 6.07) is 15.9. The van der Waals surface area contributed by atoms with Crippen molar-refractivity contribution in [2.45, 2.75) is 63.6 Å². The van der Waals surface area contributed by atoms with Crippen LogP contribution in [0.25, 0.3) is 11.1 Å². The van der Waals surface area contributed by atoms with Gasteiger partial charge in [-0.2, -0.15) is 0 Å². The van der Waals surface area contributed by atoms with Gasteiger partial charge in [0.25, 0.3) is 0 Å². The van der Waals surface area contributed by atoms with Gasteiger partial charge in [0.2, 0.25) is 0 Å². The van der Waals surface area contributed by atoms with Gasteiger partial charge in [-0.25, -0.2) is 9.59 Å². The molecule has 2 N–H and O–H groups in total. The molecule has 2 amide bonds. The normalized spacial score (nSPS) is 20.8. The average molecular weight is 524 g/mol. The smallest absolute Gasteiger partial charge is 0.407 e. The van der Waals surface area contributed by atoms with E-state index in [-0.39, 0.29) is 30.5 Å². The minimum Gasteiger partial charge on any atom is -0.449 e. The molecule has 0 aromatic heterocycles. The van der Waals surface area contributed by atoms with Crippen molar-refractivity contribution >= 4 is 29.4 Å². The summed E-state index contributed by atoms with van der Waals surface area (Å²) in [7, 11) is 3.86. The summed E-state index contributed by atoms with van der Waals surface area (Å²) in [5.74, 6) is 0.118. The number of benzene rings is 2. The van der Waals surface area contributed by atoms with Gasteiger partial charge in [-0.15, -0.1) is 0 Å². The van der Waals surface area contributed by atoms with Crippen LogP contribution in [0.15, 0.2) is 48.5 Å². The number of amides is 2. The molecule has 1 fully saturated rings. The van der Waals surface area contributed by atoms with Gasteiger partial charge < -0.3 is 25.0 Å². The lowest BCUT2D eigenvalue weighted by molar-refractivity contribution is 0.0469. The highest BCUT2D eigenvalue weighted by Crippen LogP contribution is 2.44. The Balaban J connectivity index is 1.42. The number of fused-ring (bicyclic) bond motifs is 3. The van der Waals surface area contributed by atoms with Crippen molar-refractivity contribution in [2.75, 3.05) is 20.7 Å². The zero-order valence-corrected chi connectivity index (χ0v) is 23.1. The van der Waals surface area contributed by atoms with Gasteiger partial charge in [0.05, 0.1) is 17.1 Å². The minimum atomic E-state index is -0.618. The third-order valence-electron chi connectivity index (χ3n) is 6.99. The lowest BCUT2D eigenvalue weighted by Gasteiger charge is -2.38. The number of rotatable bonds is 5. The highest BCUT2D eigenvalue weighted by Gasteiger charge is 2.36. The Bertz CT molecular complexity index is 1110. The van der Waals surface area contributed by atoms with Crippen LogP contribution < -0.4 is 10.6 Å². The van der Waals surface area contributed by atoms with Gasteiger partial charge in [-0.05, 0) is 62.3 Å². The predicted molar refractivity (Wildman–Crippen MR) is 149 cm³/mol. The van der Waals surface area contributed by atoms with Gasteiger partial charge in [-0.1, -0.05) is 60.7 Å². The monoisotopic (exact) mass is 523 g/mol. The first-order valence-electron chi connectivity index (χ1n) is 12.9. The van der Waals surface area contributed by atoms with Gasteiger partial charge in [0.15, 0.2) is 0 Å². The summed E-state index contributed by atoms with van der Waals surface area (Å²) in [4.78, 5) is 28.3. The van der Waals surface area contributed by atoms with Crippen LogP contribution in [0.1, 0.15) is 57.1 Å². The van der Waals surface area contributed by atoms with E-state index < -0.39 is 17.8 Å². The van der Waals surface area contributed by atoms with Crippen LogP contribution in [0.2, 0.25) is 0 Å². The van der Waals surface area contributed by atoms with Gasteiger partial charge in [0, 0.05) is 25.9 Å². The van der Waals surface area contributed by atoms with Crippen LogP contribution in [0.5, 0.6) is 0 Å². The van der Waals surface area contributed by atoms with Crippen molar-refractivity contribution in [3.05, 3.63) is 59.7 Å². The van der Waals surface area contributed by atoms with E-state index in [1.54, 1.807) is 0 Å². The van der Waals surface area contributed by atoms with E-state index in [0.29, 0.717) is 12.8 Å². The molecule has 2 aromatic rings. The highest BCUT2D eigenvalue weighted by atomic mass is 32.1. The number of carbonyl (C=O) groups is 2. The van der Waals surface area contributed by atoms with E-state index in [9.17, 15) is 9.59 Å². The summed E-state index contributed by atoms with van der Waals surface area (Å²) in [5.41, 5.74) is 4.08. The van der Waals surface area contributed by atoms with Gasteiger partial charge in [-0.3, -0.25) is 0 Å². The maximum atomic E-state index is 13.0. The molecule has 198 valence electrons. The lowest BCUT2D eigenvalue weighted by atomic mass is 9.82. The summed E-state index contributed by atoms with van der Waals surface area (Å²) in [6.07, 6.45) is 1.11. The van der Waals surface area contributed by atoms with E-state index in [1.807, 2.05) is 64.0 Å². The Morgan fingerprint density at radius 1 is 0.919 bits per heavy atom. The SMILES string of the molecule is CN(C)C(=S)[C@H]1CC[C@H](NC(=O)OCC2c3ccccc3-c3ccccc32)[C@H](NC(=O)OC(C)(C)C)C1. The van der Waals surface area contributed by atoms with Crippen molar-refractivity contribution in [2.24, 2.45) is 5.92 Å². The maximum absolute atomic E-state index is 13.0. The molecule has 7 nitrogen and oxygen atoms in total. The molecule has 37 heavy (non-hydrogen) atoms. The second kappa shape index (κ2) is 11.1. The Labute approximate surface area is 224 Å². The molecule has 0 unspecified atom stereocenters. The summed E-state index contributed by atoms with van der Waals surface area (Å²) in [6.45, 7) is 5.71. The number of nitrogens with one attached hydrogen (secondary N) is 2. The molecule has 0 spiro atoms. The van der Waals surface area contributed by atoms with Crippen molar-refractivity contribution in [3.63, 3.8) is 0 Å². The van der Waals surface area contributed by atoms with Crippen LogP contribution in [-0.2, 0) is 9.47 Å². The van der Waals surface area contributed by atoms with Gasteiger partial charge in [0.1, 0.15) is 12.2 Å². The molecule has 4 rings (SSSR count). The largest absolute Gasteiger partial charge is 0.449 e. The van der Waals surface area contributed by atoms with E-state index in [4.69, 9.17) is 21.7 Å².